The molecule has 1 amide bonds. The zero-order valence-corrected chi connectivity index (χ0v) is 16.0. The normalized spacial score (nSPS) is 14.5. The molecule has 3 rings (SSSR count). The summed E-state index contributed by atoms with van der Waals surface area (Å²) in [5.41, 5.74) is 2.52. The number of hydrogen-bond acceptors (Lipinski definition) is 4. The van der Waals surface area contributed by atoms with Crippen molar-refractivity contribution in [1.29, 1.82) is 0 Å². The van der Waals surface area contributed by atoms with Gasteiger partial charge in [0.05, 0.1) is 11.9 Å². The van der Waals surface area contributed by atoms with E-state index in [1.165, 1.54) is 12.1 Å². The first kappa shape index (κ1) is 19.1. The van der Waals surface area contributed by atoms with Gasteiger partial charge in [-0.05, 0) is 48.7 Å². The lowest BCUT2D eigenvalue weighted by atomic mass is 10.1. The van der Waals surface area contributed by atoms with Gasteiger partial charge in [0.2, 0.25) is 0 Å². The molecule has 0 atom stereocenters. The first-order valence-electron chi connectivity index (χ1n) is 9.52. The quantitative estimate of drug-likeness (QED) is 0.847. The lowest BCUT2D eigenvalue weighted by Crippen LogP contribution is -2.46. The predicted octanol–water partition coefficient (Wildman–Crippen LogP) is 3.32. The number of piperazine rings is 1. The van der Waals surface area contributed by atoms with E-state index in [2.05, 4.69) is 33.9 Å². The number of carbonyl (C=O) groups is 1. The molecule has 0 spiro atoms. The van der Waals surface area contributed by atoms with Gasteiger partial charge in [-0.1, -0.05) is 13.8 Å². The molecular weight excluding hydrogens is 343 g/mol. The summed E-state index contributed by atoms with van der Waals surface area (Å²) in [5.74, 6) is 0.231. The van der Waals surface area contributed by atoms with Crippen molar-refractivity contribution in [3.8, 4) is 0 Å². The minimum atomic E-state index is -0.211. The van der Waals surface area contributed by atoms with Crippen molar-refractivity contribution >= 4 is 17.3 Å². The molecule has 1 aliphatic rings. The van der Waals surface area contributed by atoms with E-state index in [0.717, 1.165) is 44.0 Å². The minimum Gasteiger partial charge on any atom is -0.368 e. The molecule has 1 aromatic heterocycles. The van der Waals surface area contributed by atoms with Crippen LogP contribution in [0.4, 0.5) is 15.8 Å². The van der Waals surface area contributed by atoms with Crippen LogP contribution < -0.4 is 15.1 Å². The second kappa shape index (κ2) is 8.84. The monoisotopic (exact) mass is 370 g/mol. The van der Waals surface area contributed by atoms with E-state index in [4.69, 9.17) is 0 Å². The smallest absolute Gasteiger partial charge is 0.269 e. The summed E-state index contributed by atoms with van der Waals surface area (Å²) in [4.78, 5) is 21.0. The molecule has 0 radical (unpaired) electrons. The number of nitrogens with zero attached hydrogens (tertiary/aromatic N) is 3. The molecule has 1 aliphatic heterocycles. The Morgan fingerprint density at radius 3 is 2.19 bits per heavy atom. The third kappa shape index (κ3) is 5.18. The van der Waals surface area contributed by atoms with Crippen LogP contribution in [0.15, 0.2) is 42.6 Å². The molecule has 0 bridgehead atoms. The highest BCUT2D eigenvalue weighted by atomic mass is 19.1. The number of amides is 1. The maximum Gasteiger partial charge on any atom is 0.269 e. The maximum absolute atomic E-state index is 13.1. The van der Waals surface area contributed by atoms with Crippen LogP contribution in [-0.2, 0) is 0 Å². The number of nitrogens with one attached hydrogen (secondary N) is 1. The fourth-order valence-electron chi connectivity index (χ4n) is 3.15. The number of halogens is 1. The molecule has 27 heavy (non-hydrogen) atoms. The summed E-state index contributed by atoms with van der Waals surface area (Å²) in [6.07, 6.45) is 2.73. The van der Waals surface area contributed by atoms with Gasteiger partial charge in [0, 0.05) is 38.4 Å². The van der Waals surface area contributed by atoms with Gasteiger partial charge in [0.25, 0.3) is 5.91 Å². The maximum atomic E-state index is 13.1. The van der Waals surface area contributed by atoms with Crippen LogP contribution in [0.3, 0.4) is 0 Å². The molecule has 1 fully saturated rings. The first-order valence-corrected chi connectivity index (χ1v) is 9.52. The standard InChI is InChI=1S/C21H27FN4O/c1-16(2)9-10-23-21(27)20-8-7-19(15-24-20)26-13-11-25(12-14-26)18-5-3-17(22)4-6-18/h3-8,15-16H,9-14H2,1-2H3,(H,23,27). The van der Waals surface area contributed by atoms with Crippen LogP contribution in [0.5, 0.6) is 0 Å². The highest BCUT2D eigenvalue weighted by molar-refractivity contribution is 5.92. The van der Waals surface area contributed by atoms with E-state index < -0.39 is 0 Å². The Morgan fingerprint density at radius 2 is 1.63 bits per heavy atom. The van der Waals surface area contributed by atoms with Crippen molar-refractivity contribution in [2.24, 2.45) is 5.92 Å². The topological polar surface area (TPSA) is 48.5 Å². The number of rotatable bonds is 6. The van der Waals surface area contributed by atoms with Gasteiger partial charge < -0.3 is 15.1 Å². The van der Waals surface area contributed by atoms with Gasteiger partial charge in [-0.3, -0.25) is 4.79 Å². The average molecular weight is 370 g/mol. The number of aromatic nitrogens is 1. The van der Waals surface area contributed by atoms with Gasteiger partial charge in [-0.25, -0.2) is 9.37 Å². The van der Waals surface area contributed by atoms with Crippen molar-refractivity contribution in [1.82, 2.24) is 10.3 Å². The molecule has 2 aromatic rings. The lowest BCUT2D eigenvalue weighted by molar-refractivity contribution is 0.0947. The Morgan fingerprint density at radius 1 is 1.04 bits per heavy atom. The molecule has 1 saturated heterocycles. The van der Waals surface area contributed by atoms with Crippen molar-refractivity contribution < 1.29 is 9.18 Å². The molecule has 2 heterocycles. The molecule has 0 saturated carbocycles. The first-order chi connectivity index (χ1) is 13.0. The average Bonchev–Trinajstić information content (AvgIpc) is 2.68. The summed E-state index contributed by atoms with van der Waals surface area (Å²) < 4.78 is 13.1. The summed E-state index contributed by atoms with van der Waals surface area (Å²) in [6.45, 7) is 8.39. The summed E-state index contributed by atoms with van der Waals surface area (Å²) in [6, 6.07) is 10.4. The number of hydrogen-bond donors (Lipinski definition) is 1. The van der Waals surface area contributed by atoms with Crippen molar-refractivity contribution in [2.45, 2.75) is 20.3 Å². The Bertz CT molecular complexity index is 738. The number of pyridine rings is 1. The van der Waals surface area contributed by atoms with Gasteiger partial charge in [0.15, 0.2) is 0 Å². The Kier molecular flexibility index (Phi) is 6.27. The highest BCUT2D eigenvalue weighted by Crippen LogP contribution is 2.20. The summed E-state index contributed by atoms with van der Waals surface area (Å²) >= 11 is 0. The SMILES string of the molecule is CC(C)CCNC(=O)c1ccc(N2CCN(c3ccc(F)cc3)CC2)cn1. The third-order valence-electron chi connectivity index (χ3n) is 4.82. The van der Waals surface area contributed by atoms with Crippen LogP contribution in [-0.4, -0.2) is 43.6 Å². The fraction of sp³-hybridized carbons (Fsp3) is 0.429. The summed E-state index contributed by atoms with van der Waals surface area (Å²) in [5, 5.41) is 2.91. The Labute approximate surface area is 160 Å². The van der Waals surface area contributed by atoms with Crippen molar-refractivity contribution in [3.05, 3.63) is 54.1 Å². The van der Waals surface area contributed by atoms with Gasteiger partial charge in [0.1, 0.15) is 11.5 Å². The van der Waals surface area contributed by atoms with Crippen LogP contribution in [0, 0.1) is 11.7 Å². The van der Waals surface area contributed by atoms with E-state index in [0.29, 0.717) is 18.2 Å². The van der Waals surface area contributed by atoms with Crippen LogP contribution >= 0.6 is 0 Å². The number of benzene rings is 1. The van der Waals surface area contributed by atoms with Gasteiger partial charge in [-0.15, -0.1) is 0 Å². The lowest BCUT2D eigenvalue weighted by Gasteiger charge is -2.37. The van der Waals surface area contributed by atoms with Gasteiger partial charge in [-0.2, -0.15) is 0 Å². The van der Waals surface area contributed by atoms with Crippen LogP contribution in [0.1, 0.15) is 30.8 Å². The van der Waals surface area contributed by atoms with E-state index in [9.17, 15) is 9.18 Å². The van der Waals surface area contributed by atoms with Crippen LogP contribution in [0.25, 0.3) is 0 Å². The molecule has 5 nitrogen and oxygen atoms in total. The van der Waals surface area contributed by atoms with Crippen molar-refractivity contribution in [3.63, 3.8) is 0 Å². The van der Waals surface area contributed by atoms with E-state index in [1.807, 2.05) is 18.2 Å². The Hall–Kier alpha value is -2.63. The molecule has 0 unspecified atom stereocenters. The van der Waals surface area contributed by atoms with Gasteiger partial charge >= 0.3 is 0 Å². The van der Waals surface area contributed by atoms with E-state index >= 15 is 0 Å². The fourth-order valence-corrected chi connectivity index (χ4v) is 3.15. The zero-order chi connectivity index (χ0) is 19.2. The number of carbonyl (C=O) groups excluding carboxylic acids is 1. The Balaban J connectivity index is 1.52. The second-order valence-electron chi connectivity index (χ2n) is 7.29. The molecule has 1 aromatic carbocycles. The molecular formula is C21H27FN4O. The molecule has 1 N–H and O–H groups in total. The highest BCUT2D eigenvalue weighted by Gasteiger charge is 2.18. The largest absolute Gasteiger partial charge is 0.368 e. The van der Waals surface area contributed by atoms with E-state index in [-0.39, 0.29) is 11.7 Å². The predicted molar refractivity (Wildman–Crippen MR) is 107 cm³/mol. The summed E-state index contributed by atoms with van der Waals surface area (Å²) in [7, 11) is 0. The van der Waals surface area contributed by atoms with E-state index in [1.54, 1.807) is 12.3 Å². The minimum absolute atomic E-state index is 0.122. The third-order valence-corrected chi connectivity index (χ3v) is 4.82. The molecule has 6 heteroatoms. The van der Waals surface area contributed by atoms with Crippen molar-refractivity contribution in [2.75, 3.05) is 42.5 Å². The second-order valence-corrected chi connectivity index (χ2v) is 7.29. The number of anilines is 2. The zero-order valence-electron chi connectivity index (χ0n) is 16.0. The molecule has 144 valence electrons. The van der Waals surface area contributed by atoms with Crippen LogP contribution in [0.2, 0.25) is 0 Å². The molecule has 0 aliphatic carbocycles.